The van der Waals surface area contributed by atoms with Gasteiger partial charge in [-0.2, -0.15) is 0 Å². The van der Waals surface area contributed by atoms with Crippen molar-refractivity contribution in [1.29, 1.82) is 0 Å². The van der Waals surface area contributed by atoms with Gasteiger partial charge in [0.1, 0.15) is 12.0 Å². The molecular weight excluding hydrogens is 450 g/mol. The van der Waals surface area contributed by atoms with Crippen molar-refractivity contribution in [2.75, 3.05) is 13.7 Å². The van der Waals surface area contributed by atoms with E-state index in [1.54, 1.807) is 7.11 Å². The lowest BCUT2D eigenvalue weighted by molar-refractivity contribution is 0.0947. The molecule has 4 aromatic rings. The Kier molecular flexibility index (Phi) is 7.64. The molecular formula is C25H27N5O3S. The standard InChI is InChI=1S/C25H27N5O3S/c1-17(2)12-13-26-24(31)21-15-33-22(27-21)16-34-25-29-28-23(18-8-7-11-20(14-18)32-3)30(25)19-9-5-4-6-10-19/h4-11,14-15,17H,12-13,16H2,1-3H3,(H,26,31). The third-order valence-corrected chi connectivity index (χ3v) is 6.01. The van der Waals surface area contributed by atoms with Gasteiger partial charge in [0, 0.05) is 17.8 Å². The molecule has 1 N–H and O–H groups in total. The first-order valence-electron chi connectivity index (χ1n) is 11.1. The number of amides is 1. The van der Waals surface area contributed by atoms with Crippen molar-refractivity contribution in [2.24, 2.45) is 5.92 Å². The van der Waals surface area contributed by atoms with Gasteiger partial charge in [-0.05, 0) is 36.6 Å². The van der Waals surface area contributed by atoms with Crippen LogP contribution in [-0.4, -0.2) is 39.3 Å². The molecule has 176 valence electrons. The number of nitrogens with one attached hydrogen (secondary N) is 1. The summed E-state index contributed by atoms with van der Waals surface area (Å²) in [6.07, 6.45) is 2.31. The SMILES string of the molecule is COc1cccc(-c2nnc(SCc3nc(C(=O)NCCC(C)C)co3)n2-c2ccccc2)c1. The van der Waals surface area contributed by atoms with Crippen LogP contribution in [0.25, 0.3) is 17.1 Å². The van der Waals surface area contributed by atoms with Gasteiger partial charge in [0.2, 0.25) is 5.89 Å². The summed E-state index contributed by atoms with van der Waals surface area (Å²) in [6, 6.07) is 17.6. The predicted molar refractivity (Wildman–Crippen MR) is 131 cm³/mol. The number of ether oxygens (including phenoxy) is 1. The van der Waals surface area contributed by atoms with Gasteiger partial charge in [-0.1, -0.05) is 55.9 Å². The lowest BCUT2D eigenvalue weighted by Gasteiger charge is -2.10. The summed E-state index contributed by atoms with van der Waals surface area (Å²) < 4.78 is 12.9. The fourth-order valence-corrected chi connectivity index (χ4v) is 4.10. The summed E-state index contributed by atoms with van der Waals surface area (Å²) in [5.74, 6) is 2.59. The van der Waals surface area contributed by atoms with E-state index in [4.69, 9.17) is 9.15 Å². The summed E-state index contributed by atoms with van der Waals surface area (Å²) in [6.45, 7) is 4.84. The average molecular weight is 478 g/mol. The topological polar surface area (TPSA) is 95.1 Å². The van der Waals surface area contributed by atoms with E-state index in [-0.39, 0.29) is 11.6 Å². The van der Waals surface area contributed by atoms with E-state index < -0.39 is 0 Å². The van der Waals surface area contributed by atoms with E-state index >= 15 is 0 Å². The number of methoxy groups -OCH3 is 1. The Morgan fingerprint density at radius 2 is 1.97 bits per heavy atom. The van der Waals surface area contributed by atoms with Gasteiger partial charge in [0.05, 0.1) is 12.9 Å². The molecule has 0 saturated carbocycles. The minimum atomic E-state index is -0.228. The lowest BCUT2D eigenvalue weighted by Crippen LogP contribution is -2.25. The number of rotatable bonds is 10. The number of para-hydroxylation sites is 1. The van der Waals surface area contributed by atoms with Crippen LogP contribution in [0, 0.1) is 5.92 Å². The van der Waals surface area contributed by atoms with E-state index in [0.29, 0.717) is 35.1 Å². The predicted octanol–water partition coefficient (Wildman–Crippen LogP) is 5.00. The molecule has 2 heterocycles. The van der Waals surface area contributed by atoms with Gasteiger partial charge in [-0.25, -0.2) is 4.98 Å². The number of nitrogens with zero attached hydrogens (tertiary/aromatic N) is 4. The molecule has 0 bridgehead atoms. The Hall–Kier alpha value is -3.59. The first-order valence-corrected chi connectivity index (χ1v) is 12.0. The zero-order chi connectivity index (χ0) is 23.9. The van der Waals surface area contributed by atoms with Gasteiger partial charge in [-0.3, -0.25) is 9.36 Å². The molecule has 1 amide bonds. The van der Waals surface area contributed by atoms with E-state index in [1.165, 1.54) is 18.0 Å². The zero-order valence-corrected chi connectivity index (χ0v) is 20.2. The molecule has 0 fully saturated rings. The molecule has 4 rings (SSSR count). The quantitative estimate of drug-likeness (QED) is 0.321. The Morgan fingerprint density at radius 3 is 2.74 bits per heavy atom. The fourth-order valence-electron chi connectivity index (χ4n) is 3.30. The van der Waals surface area contributed by atoms with Gasteiger partial charge >= 0.3 is 0 Å². The molecule has 2 aromatic carbocycles. The van der Waals surface area contributed by atoms with Crippen molar-refractivity contribution in [3.05, 3.63) is 72.4 Å². The third kappa shape index (κ3) is 5.66. The normalized spacial score (nSPS) is 11.1. The van der Waals surface area contributed by atoms with Crippen molar-refractivity contribution in [2.45, 2.75) is 31.2 Å². The molecule has 0 atom stereocenters. The average Bonchev–Trinajstić information content (AvgIpc) is 3.50. The number of carbonyl (C=O) groups is 1. The molecule has 0 radical (unpaired) electrons. The second-order valence-corrected chi connectivity index (χ2v) is 9.01. The molecule has 0 saturated heterocycles. The van der Waals surface area contributed by atoms with Crippen molar-refractivity contribution in [3.63, 3.8) is 0 Å². The number of oxazole rings is 1. The van der Waals surface area contributed by atoms with Gasteiger partial charge in [-0.15, -0.1) is 10.2 Å². The molecule has 34 heavy (non-hydrogen) atoms. The zero-order valence-electron chi connectivity index (χ0n) is 19.4. The number of hydrogen-bond acceptors (Lipinski definition) is 7. The van der Waals surface area contributed by atoms with Gasteiger partial charge in [0.25, 0.3) is 5.91 Å². The molecule has 0 aliphatic carbocycles. The first-order chi connectivity index (χ1) is 16.5. The van der Waals surface area contributed by atoms with Crippen LogP contribution in [0.15, 0.2) is 70.4 Å². The Balaban J connectivity index is 1.53. The summed E-state index contributed by atoms with van der Waals surface area (Å²) >= 11 is 1.44. The first kappa shape index (κ1) is 23.6. The highest BCUT2D eigenvalue weighted by atomic mass is 32.2. The molecule has 9 heteroatoms. The van der Waals surface area contributed by atoms with Crippen LogP contribution in [-0.2, 0) is 5.75 Å². The second kappa shape index (κ2) is 11.0. The van der Waals surface area contributed by atoms with Crippen LogP contribution in [0.3, 0.4) is 0 Å². The smallest absolute Gasteiger partial charge is 0.273 e. The van der Waals surface area contributed by atoms with Crippen LogP contribution in [0.2, 0.25) is 0 Å². The summed E-state index contributed by atoms with van der Waals surface area (Å²) in [5.41, 5.74) is 2.10. The Labute approximate surface area is 202 Å². The van der Waals surface area contributed by atoms with Gasteiger partial charge < -0.3 is 14.5 Å². The lowest BCUT2D eigenvalue weighted by atomic mass is 10.1. The fraction of sp³-hybridized carbons (Fsp3) is 0.280. The highest BCUT2D eigenvalue weighted by Crippen LogP contribution is 2.31. The van der Waals surface area contributed by atoms with Crippen LogP contribution >= 0.6 is 11.8 Å². The highest BCUT2D eigenvalue weighted by Gasteiger charge is 2.18. The molecule has 0 unspecified atom stereocenters. The van der Waals surface area contributed by atoms with E-state index in [0.717, 1.165) is 23.4 Å². The molecule has 0 spiro atoms. The second-order valence-electron chi connectivity index (χ2n) is 8.06. The molecule has 0 aliphatic heterocycles. The Bertz CT molecular complexity index is 1240. The monoisotopic (exact) mass is 477 g/mol. The van der Waals surface area contributed by atoms with E-state index in [2.05, 4.69) is 34.3 Å². The van der Waals surface area contributed by atoms with E-state index in [9.17, 15) is 4.79 Å². The summed E-state index contributed by atoms with van der Waals surface area (Å²) in [4.78, 5) is 16.6. The van der Waals surface area contributed by atoms with Crippen molar-refractivity contribution < 1.29 is 13.9 Å². The van der Waals surface area contributed by atoms with Crippen LogP contribution in [0.1, 0.15) is 36.6 Å². The van der Waals surface area contributed by atoms with Crippen molar-refractivity contribution in [1.82, 2.24) is 25.1 Å². The minimum absolute atomic E-state index is 0.228. The third-order valence-electron chi connectivity index (χ3n) is 5.09. The molecule has 2 aromatic heterocycles. The number of benzene rings is 2. The summed E-state index contributed by atoms with van der Waals surface area (Å²) in [7, 11) is 1.64. The highest BCUT2D eigenvalue weighted by molar-refractivity contribution is 7.98. The van der Waals surface area contributed by atoms with E-state index in [1.807, 2.05) is 59.2 Å². The van der Waals surface area contributed by atoms with Crippen molar-refractivity contribution in [3.8, 4) is 22.8 Å². The molecule has 0 aliphatic rings. The van der Waals surface area contributed by atoms with Crippen LogP contribution in [0.4, 0.5) is 0 Å². The van der Waals surface area contributed by atoms with Crippen LogP contribution < -0.4 is 10.1 Å². The van der Waals surface area contributed by atoms with Gasteiger partial charge in [0.15, 0.2) is 16.7 Å². The number of hydrogen-bond donors (Lipinski definition) is 1. The molecule has 8 nitrogen and oxygen atoms in total. The maximum atomic E-state index is 12.3. The largest absolute Gasteiger partial charge is 0.497 e. The summed E-state index contributed by atoms with van der Waals surface area (Å²) in [5, 5.41) is 12.4. The number of carbonyl (C=O) groups excluding carboxylic acids is 1. The van der Waals surface area contributed by atoms with Crippen LogP contribution in [0.5, 0.6) is 5.75 Å². The number of aromatic nitrogens is 4. The minimum Gasteiger partial charge on any atom is -0.497 e. The maximum absolute atomic E-state index is 12.3. The van der Waals surface area contributed by atoms with Crippen molar-refractivity contribution >= 4 is 17.7 Å². The Morgan fingerprint density at radius 1 is 1.15 bits per heavy atom. The maximum Gasteiger partial charge on any atom is 0.273 e. The number of thioether (sulfide) groups is 1.